The van der Waals surface area contributed by atoms with E-state index in [0.717, 1.165) is 0 Å². The van der Waals surface area contributed by atoms with E-state index in [0.29, 0.717) is 13.1 Å². The normalized spacial score (nSPS) is 15.3. The summed E-state index contributed by atoms with van der Waals surface area (Å²) in [4.78, 5) is 36.8. The van der Waals surface area contributed by atoms with E-state index in [9.17, 15) is 19.7 Å². The number of rotatable bonds is 2. The van der Waals surface area contributed by atoms with Crippen molar-refractivity contribution in [1.29, 1.82) is 0 Å². The summed E-state index contributed by atoms with van der Waals surface area (Å²) in [7, 11) is 1.67. The highest BCUT2D eigenvalue weighted by Gasteiger charge is 2.26. The topological polar surface area (TPSA) is 110 Å². The van der Waals surface area contributed by atoms with E-state index >= 15 is 0 Å². The van der Waals surface area contributed by atoms with Crippen molar-refractivity contribution in [2.75, 3.05) is 32.4 Å². The number of nitro benzene ring substituents is 1. The molecule has 1 aliphatic heterocycles. The number of amides is 2. The van der Waals surface area contributed by atoms with Crippen LogP contribution in [0.4, 0.5) is 11.4 Å². The van der Waals surface area contributed by atoms with Crippen LogP contribution in [0.15, 0.2) is 18.2 Å². The van der Waals surface area contributed by atoms with Gasteiger partial charge in [-0.25, -0.2) is 0 Å². The Hall–Kier alpha value is -2.64. The molecule has 20 heavy (non-hydrogen) atoms. The van der Waals surface area contributed by atoms with Crippen LogP contribution in [-0.2, 0) is 4.79 Å². The molecule has 1 saturated heterocycles. The lowest BCUT2D eigenvalue weighted by Gasteiger charge is -2.32. The third kappa shape index (κ3) is 2.53. The number of nitrogens with two attached hydrogens (primary N) is 1. The molecule has 2 rings (SSSR count). The van der Waals surface area contributed by atoms with Gasteiger partial charge in [-0.15, -0.1) is 0 Å². The summed E-state index contributed by atoms with van der Waals surface area (Å²) in [6, 6.07) is 3.81. The fourth-order valence-electron chi connectivity index (χ4n) is 1.97. The van der Waals surface area contributed by atoms with Gasteiger partial charge in [0, 0.05) is 31.8 Å². The molecule has 106 valence electrons. The van der Waals surface area contributed by atoms with E-state index in [-0.39, 0.29) is 35.3 Å². The second-order valence-corrected chi connectivity index (χ2v) is 4.57. The minimum Gasteiger partial charge on any atom is -0.393 e. The summed E-state index contributed by atoms with van der Waals surface area (Å²) in [5, 5.41) is 10.7. The van der Waals surface area contributed by atoms with Crippen LogP contribution in [0.5, 0.6) is 0 Å². The van der Waals surface area contributed by atoms with E-state index < -0.39 is 4.92 Å². The number of carbonyl (C=O) groups excluding carboxylic acids is 2. The van der Waals surface area contributed by atoms with E-state index in [1.165, 1.54) is 23.1 Å². The smallest absolute Gasteiger partial charge is 0.292 e. The van der Waals surface area contributed by atoms with Crippen LogP contribution in [0.25, 0.3) is 0 Å². The Morgan fingerprint density at radius 2 is 2.10 bits per heavy atom. The van der Waals surface area contributed by atoms with E-state index in [1.54, 1.807) is 11.9 Å². The van der Waals surface area contributed by atoms with Gasteiger partial charge in [0.2, 0.25) is 5.91 Å². The molecule has 0 saturated carbocycles. The predicted molar refractivity (Wildman–Crippen MR) is 71.0 cm³/mol. The predicted octanol–water partition coefficient (Wildman–Crippen LogP) is 0.0912. The quantitative estimate of drug-likeness (QED) is 0.468. The molecule has 0 unspecified atom stereocenters. The van der Waals surface area contributed by atoms with Crippen molar-refractivity contribution in [3.63, 3.8) is 0 Å². The molecule has 8 heteroatoms. The van der Waals surface area contributed by atoms with Crippen molar-refractivity contribution in [2.45, 2.75) is 0 Å². The highest BCUT2D eigenvalue weighted by molar-refractivity contribution is 5.98. The lowest BCUT2D eigenvalue weighted by Crippen LogP contribution is -2.50. The Labute approximate surface area is 114 Å². The Morgan fingerprint density at radius 1 is 1.40 bits per heavy atom. The van der Waals surface area contributed by atoms with Crippen molar-refractivity contribution in [2.24, 2.45) is 0 Å². The molecule has 2 N–H and O–H groups in total. The Kier molecular flexibility index (Phi) is 3.55. The summed E-state index contributed by atoms with van der Waals surface area (Å²) >= 11 is 0. The molecular formula is C12H14N4O4. The van der Waals surface area contributed by atoms with Crippen molar-refractivity contribution in [3.8, 4) is 0 Å². The Bertz CT molecular complexity index is 587. The van der Waals surface area contributed by atoms with Crippen LogP contribution in [0.3, 0.4) is 0 Å². The highest BCUT2D eigenvalue weighted by Crippen LogP contribution is 2.23. The minimum absolute atomic E-state index is 0.00618. The van der Waals surface area contributed by atoms with Gasteiger partial charge in [-0.3, -0.25) is 19.7 Å². The van der Waals surface area contributed by atoms with Crippen LogP contribution in [0.1, 0.15) is 10.4 Å². The Balaban J connectivity index is 2.20. The van der Waals surface area contributed by atoms with Crippen LogP contribution in [0.2, 0.25) is 0 Å². The molecule has 0 spiro atoms. The average Bonchev–Trinajstić information content (AvgIpc) is 2.40. The number of benzene rings is 1. The van der Waals surface area contributed by atoms with E-state index in [4.69, 9.17) is 5.73 Å². The number of nitrogen functional groups attached to an aromatic ring is 1. The summed E-state index contributed by atoms with van der Waals surface area (Å²) in [6.45, 7) is 0.900. The largest absolute Gasteiger partial charge is 0.393 e. The number of hydrogen-bond acceptors (Lipinski definition) is 5. The Morgan fingerprint density at radius 3 is 2.65 bits per heavy atom. The van der Waals surface area contributed by atoms with Crippen molar-refractivity contribution < 1.29 is 14.5 Å². The number of nitro groups is 1. The third-order valence-electron chi connectivity index (χ3n) is 3.22. The van der Waals surface area contributed by atoms with Gasteiger partial charge in [0.15, 0.2) is 0 Å². The second kappa shape index (κ2) is 5.16. The molecule has 2 amide bonds. The first-order chi connectivity index (χ1) is 9.40. The minimum atomic E-state index is -0.608. The zero-order chi connectivity index (χ0) is 14.9. The number of nitrogens with zero attached hydrogens (tertiary/aromatic N) is 3. The lowest BCUT2D eigenvalue weighted by molar-refractivity contribution is -0.383. The van der Waals surface area contributed by atoms with Gasteiger partial charge in [0.1, 0.15) is 12.2 Å². The molecule has 1 aliphatic rings. The first-order valence-electron chi connectivity index (χ1n) is 5.97. The first-order valence-corrected chi connectivity index (χ1v) is 5.97. The molecule has 0 aliphatic carbocycles. The van der Waals surface area contributed by atoms with Gasteiger partial charge in [-0.2, -0.15) is 0 Å². The maximum Gasteiger partial charge on any atom is 0.292 e. The SMILES string of the molecule is CN1CCN(C(=O)c2ccc([N+](=O)[O-])c(N)c2)CC1=O. The van der Waals surface area contributed by atoms with Gasteiger partial charge >= 0.3 is 0 Å². The number of likely N-dealkylation sites (N-methyl/N-ethyl adjacent to an activating group) is 1. The maximum atomic E-state index is 12.2. The molecule has 0 bridgehead atoms. The maximum absolute atomic E-state index is 12.2. The summed E-state index contributed by atoms with van der Waals surface area (Å²) in [5.74, 6) is -0.493. The molecule has 1 fully saturated rings. The molecule has 0 radical (unpaired) electrons. The number of piperazine rings is 1. The molecule has 0 atom stereocenters. The van der Waals surface area contributed by atoms with Gasteiger partial charge in [-0.05, 0) is 12.1 Å². The van der Waals surface area contributed by atoms with Crippen LogP contribution >= 0.6 is 0 Å². The molecule has 1 heterocycles. The van der Waals surface area contributed by atoms with E-state index in [1.807, 2.05) is 0 Å². The van der Waals surface area contributed by atoms with Gasteiger partial charge < -0.3 is 15.5 Å². The molecule has 0 aromatic heterocycles. The zero-order valence-electron chi connectivity index (χ0n) is 10.9. The molecular weight excluding hydrogens is 264 g/mol. The third-order valence-corrected chi connectivity index (χ3v) is 3.22. The molecule has 1 aromatic carbocycles. The fourth-order valence-corrected chi connectivity index (χ4v) is 1.97. The van der Waals surface area contributed by atoms with Crippen molar-refractivity contribution in [1.82, 2.24) is 9.80 Å². The van der Waals surface area contributed by atoms with Gasteiger partial charge in [0.05, 0.1) is 4.92 Å². The first kappa shape index (κ1) is 13.8. The summed E-state index contributed by atoms with van der Waals surface area (Å²) < 4.78 is 0. The van der Waals surface area contributed by atoms with Crippen molar-refractivity contribution in [3.05, 3.63) is 33.9 Å². The number of anilines is 1. The lowest BCUT2D eigenvalue weighted by atomic mass is 10.1. The second-order valence-electron chi connectivity index (χ2n) is 4.57. The van der Waals surface area contributed by atoms with E-state index in [2.05, 4.69) is 0 Å². The monoisotopic (exact) mass is 278 g/mol. The summed E-state index contributed by atoms with van der Waals surface area (Å²) in [6.07, 6.45) is 0. The standard InChI is InChI=1S/C12H14N4O4/c1-14-4-5-15(7-11(14)17)12(18)8-2-3-10(16(19)20)9(13)6-8/h2-3,6H,4-5,7,13H2,1H3. The van der Waals surface area contributed by atoms with Gasteiger partial charge in [0.25, 0.3) is 11.6 Å². The highest BCUT2D eigenvalue weighted by atomic mass is 16.6. The van der Waals surface area contributed by atoms with Crippen LogP contribution < -0.4 is 5.73 Å². The number of carbonyl (C=O) groups is 2. The van der Waals surface area contributed by atoms with Crippen molar-refractivity contribution >= 4 is 23.2 Å². The van der Waals surface area contributed by atoms with Gasteiger partial charge in [-0.1, -0.05) is 0 Å². The average molecular weight is 278 g/mol. The summed E-state index contributed by atoms with van der Waals surface area (Å²) in [5.41, 5.74) is 5.48. The molecule has 1 aromatic rings. The number of hydrogen-bond donors (Lipinski definition) is 1. The fraction of sp³-hybridized carbons (Fsp3) is 0.333. The van der Waals surface area contributed by atoms with Crippen LogP contribution in [0, 0.1) is 10.1 Å². The molecule has 8 nitrogen and oxygen atoms in total. The zero-order valence-corrected chi connectivity index (χ0v) is 10.9. The van der Waals surface area contributed by atoms with Crippen LogP contribution in [-0.4, -0.2) is 53.2 Å².